The molecule has 1 rings (SSSR count). The zero-order valence-corrected chi connectivity index (χ0v) is 6.86. The molecule has 0 nitrogen and oxygen atoms in total. The highest BCUT2D eigenvalue weighted by molar-refractivity contribution is 6.25. The van der Waals surface area contributed by atoms with E-state index in [0.29, 0.717) is 5.88 Å². The Labute approximate surface area is 70.8 Å². The molecule has 0 unspecified atom stereocenters. The summed E-state index contributed by atoms with van der Waals surface area (Å²) in [5, 5.41) is 0. The zero-order chi connectivity index (χ0) is 7.40. The first-order chi connectivity index (χ1) is 4.86. The van der Waals surface area contributed by atoms with Gasteiger partial charge in [-0.05, 0) is 11.1 Å². The van der Waals surface area contributed by atoms with Crippen molar-refractivity contribution < 1.29 is 0 Å². The summed E-state index contributed by atoms with van der Waals surface area (Å²) in [6.45, 7) is 0. The van der Waals surface area contributed by atoms with Gasteiger partial charge < -0.3 is 0 Å². The summed E-state index contributed by atoms with van der Waals surface area (Å²) in [5.74, 6) is 2.10. The molecule has 1 aromatic rings. The average Bonchev–Trinajstić information content (AvgIpc) is 2.05. The van der Waals surface area contributed by atoms with E-state index in [9.17, 15) is 0 Å². The van der Waals surface area contributed by atoms with Gasteiger partial charge in [0.15, 0.2) is 0 Å². The number of halogens is 2. The van der Waals surface area contributed by atoms with Crippen molar-refractivity contribution in [2.24, 2.45) is 0 Å². The summed E-state index contributed by atoms with van der Waals surface area (Å²) in [4.78, 5) is 0. The van der Waals surface area contributed by atoms with Crippen molar-refractivity contribution in [1.29, 1.82) is 0 Å². The summed E-state index contributed by atoms with van der Waals surface area (Å²) in [6, 6.07) is 7.79. The van der Waals surface area contributed by atoms with Gasteiger partial charge in [0.1, 0.15) is 0 Å². The van der Waals surface area contributed by atoms with Gasteiger partial charge in [0.2, 0.25) is 0 Å². The number of benzene rings is 1. The summed E-state index contributed by atoms with van der Waals surface area (Å²) in [7, 11) is 0. The van der Waals surface area contributed by atoms with Crippen molar-refractivity contribution in [3.05, 3.63) is 41.3 Å². The highest BCUT2D eigenvalue weighted by atomic mass is 35.5. The lowest BCUT2D eigenvalue weighted by Gasteiger charge is -1.95. The predicted octanol–water partition coefficient (Wildman–Crippen LogP) is 3.17. The highest BCUT2D eigenvalue weighted by Gasteiger charge is 1.90. The largest absolute Gasteiger partial charge is 0.122 e. The third-order valence-corrected chi connectivity index (χ3v) is 1.82. The molecule has 0 aliphatic rings. The maximum absolute atomic E-state index is 5.58. The van der Waals surface area contributed by atoms with Crippen LogP contribution < -0.4 is 0 Å². The molecule has 0 amide bonds. The van der Waals surface area contributed by atoms with Crippen molar-refractivity contribution >= 4 is 23.2 Å². The summed E-state index contributed by atoms with van der Waals surface area (Å²) in [5.41, 5.74) is 2.12. The Kier molecular flexibility index (Phi) is 3.04. The SMILES string of the molecule is Cl[CH]c1ccc(CCl)cc1. The van der Waals surface area contributed by atoms with Crippen molar-refractivity contribution in [2.45, 2.75) is 5.88 Å². The molecule has 0 fully saturated rings. The van der Waals surface area contributed by atoms with Gasteiger partial charge in [-0.1, -0.05) is 24.3 Å². The second-order valence-electron chi connectivity index (χ2n) is 1.98. The second-order valence-corrected chi connectivity index (χ2v) is 2.47. The molecule has 0 aromatic heterocycles. The molecule has 2 heteroatoms. The Bertz CT molecular complexity index is 168. The van der Waals surface area contributed by atoms with Gasteiger partial charge in [-0.25, -0.2) is 0 Å². The molecule has 1 radical (unpaired) electrons. The van der Waals surface area contributed by atoms with Gasteiger partial charge in [-0.3, -0.25) is 0 Å². The quantitative estimate of drug-likeness (QED) is 0.604. The van der Waals surface area contributed by atoms with E-state index in [-0.39, 0.29) is 0 Å². The fourth-order valence-corrected chi connectivity index (χ4v) is 1.00. The van der Waals surface area contributed by atoms with E-state index in [1.54, 1.807) is 0 Å². The number of hydrogen-bond donors (Lipinski definition) is 0. The predicted molar refractivity (Wildman–Crippen MR) is 45.3 cm³/mol. The van der Waals surface area contributed by atoms with Crippen molar-refractivity contribution in [2.75, 3.05) is 0 Å². The molecule has 0 saturated heterocycles. The van der Waals surface area contributed by atoms with Gasteiger partial charge in [-0.15, -0.1) is 23.2 Å². The molecule has 0 N–H and O–H groups in total. The first-order valence-corrected chi connectivity index (χ1v) is 3.92. The van der Waals surface area contributed by atoms with Crippen LogP contribution in [-0.4, -0.2) is 0 Å². The minimum atomic E-state index is 0.558. The molecule has 0 aliphatic heterocycles. The van der Waals surface area contributed by atoms with Crippen molar-refractivity contribution in [3.8, 4) is 0 Å². The lowest BCUT2D eigenvalue weighted by Crippen LogP contribution is -1.78. The molecule has 53 valence electrons. The molecule has 0 heterocycles. The second kappa shape index (κ2) is 3.85. The van der Waals surface area contributed by atoms with Crippen LogP contribution in [0.5, 0.6) is 0 Å². The maximum atomic E-state index is 5.58. The van der Waals surface area contributed by atoms with Crippen LogP contribution in [0.1, 0.15) is 11.1 Å². The van der Waals surface area contributed by atoms with Crippen LogP contribution in [0.2, 0.25) is 0 Å². The molecule has 0 aliphatic carbocycles. The van der Waals surface area contributed by atoms with Crippen LogP contribution in [0.15, 0.2) is 24.3 Å². The van der Waals surface area contributed by atoms with Gasteiger partial charge in [0.05, 0.1) is 5.88 Å². The monoisotopic (exact) mass is 173 g/mol. The minimum absolute atomic E-state index is 0.558. The molecule has 1 aromatic carbocycles. The Morgan fingerprint density at radius 2 is 1.80 bits per heavy atom. The molecule has 0 saturated carbocycles. The molecule has 0 atom stereocenters. The van der Waals surface area contributed by atoms with Crippen LogP contribution in [0.25, 0.3) is 0 Å². The first-order valence-electron chi connectivity index (χ1n) is 2.95. The summed E-state index contributed by atoms with van der Waals surface area (Å²) in [6.07, 6.45) is 0. The summed E-state index contributed by atoms with van der Waals surface area (Å²) >= 11 is 11.0. The molecule has 0 bridgehead atoms. The highest BCUT2D eigenvalue weighted by Crippen LogP contribution is 2.09. The van der Waals surface area contributed by atoms with E-state index in [0.717, 1.165) is 11.1 Å². The van der Waals surface area contributed by atoms with Crippen LogP contribution in [0.4, 0.5) is 0 Å². The lowest BCUT2D eigenvalue weighted by molar-refractivity contribution is 1.39. The van der Waals surface area contributed by atoms with E-state index in [1.165, 1.54) is 5.88 Å². The normalized spacial score (nSPS) is 9.80. The van der Waals surface area contributed by atoms with Gasteiger partial charge >= 0.3 is 0 Å². The summed E-state index contributed by atoms with van der Waals surface area (Å²) < 4.78 is 0. The Balaban J connectivity index is 2.80. The molecular formula is C8H7Cl2. The van der Waals surface area contributed by atoms with Crippen LogP contribution in [-0.2, 0) is 5.88 Å². The van der Waals surface area contributed by atoms with E-state index >= 15 is 0 Å². The van der Waals surface area contributed by atoms with Gasteiger partial charge in [0, 0.05) is 5.88 Å². The van der Waals surface area contributed by atoms with Crippen molar-refractivity contribution in [1.82, 2.24) is 0 Å². The number of alkyl halides is 1. The molecular weight excluding hydrogens is 167 g/mol. The minimum Gasteiger partial charge on any atom is -0.122 e. The molecule has 0 spiro atoms. The first kappa shape index (κ1) is 7.90. The molecule has 10 heavy (non-hydrogen) atoms. The van der Waals surface area contributed by atoms with E-state index in [4.69, 9.17) is 23.2 Å². The van der Waals surface area contributed by atoms with E-state index in [1.807, 2.05) is 24.3 Å². The number of hydrogen-bond acceptors (Lipinski definition) is 0. The topological polar surface area (TPSA) is 0 Å². The zero-order valence-electron chi connectivity index (χ0n) is 5.35. The smallest absolute Gasteiger partial charge is 0.0790 e. The van der Waals surface area contributed by atoms with Gasteiger partial charge in [0.25, 0.3) is 0 Å². The standard InChI is InChI=1S/C8H7Cl2/c9-5-7-1-2-8(6-10)4-3-7/h1-5H,6H2. The Morgan fingerprint density at radius 3 is 2.20 bits per heavy atom. The van der Waals surface area contributed by atoms with E-state index in [2.05, 4.69) is 0 Å². The van der Waals surface area contributed by atoms with Crippen LogP contribution in [0.3, 0.4) is 0 Å². The van der Waals surface area contributed by atoms with E-state index < -0.39 is 0 Å². The Morgan fingerprint density at radius 1 is 1.20 bits per heavy atom. The third kappa shape index (κ3) is 1.89. The van der Waals surface area contributed by atoms with Gasteiger partial charge in [-0.2, -0.15) is 0 Å². The van der Waals surface area contributed by atoms with Crippen LogP contribution >= 0.6 is 23.2 Å². The number of rotatable bonds is 2. The average molecular weight is 174 g/mol. The van der Waals surface area contributed by atoms with Crippen molar-refractivity contribution in [3.63, 3.8) is 0 Å². The fourth-order valence-electron chi connectivity index (χ4n) is 0.679. The maximum Gasteiger partial charge on any atom is 0.0790 e. The lowest BCUT2D eigenvalue weighted by atomic mass is 10.2. The Hall–Kier alpha value is -0.200. The van der Waals surface area contributed by atoms with Crippen LogP contribution in [0, 0.1) is 5.88 Å². The third-order valence-electron chi connectivity index (χ3n) is 1.26. The fraction of sp³-hybridized carbons (Fsp3) is 0.125.